The van der Waals surface area contributed by atoms with E-state index in [2.05, 4.69) is 0 Å². The van der Waals surface area contributed by atoms with Gasteiger partial charge in [-0.2, -0.15) is 0 Å². The molecule has 0 amide bonds. The smallest absolute Gasteiger partial charge is 0.252 e. The van der Waals surface area contributed by atoms with Gasteiger partial charge < -0.3 is 0 Å². The van der Waals surface area contributed by atoms with E-state index in [9.17, 15) is 4.79 Å². The minimum Gasteiger partial charge on any atom is -0.276 e. The predicted molar refractivity (Wildman–Crippen MR) is 68.9 cm³/mol. The summed E-state index contributed by atoms with van der Waals surface area (Å²) >= 11 is 17.6. The van der Waals surface area contributed by atoms with Gasteiger partial charge in [0.1, 0.15) is 4.34 Å². The van der Waals surface area contributed by atoms with E-state index in [-0.39, 0.29) is 4.74 Å². The highest BCUT2D eigenvalue weighted by atomic mass is 35.5. The Balaban J connectivity index is 2.65. The number of hydrogen-bond acceptors (Lipinski definition) is 3. The Labute approximate surface area is 108 Å². The Morgan fingerprint density at radius 3 is 2.27 bits per heavy atom. The van der Waals surface area contributed by atoms with E-state index >= 15 is 0 Å². The van der Waals surface area contributed by atoms with Gasteiger partial charge in [0.25, 0.3) is 4.74 Å². The first-order valence-electron chi connectivity index (χ1n) is 3.83. The minimum atomic E-state index is -0.0524. The zero-order valence-electron chi connectivity index (χ0n) is 7.09. The lowest BCUT2D eigenvalue weighted by Gasteiger charge is -2.00. The van der Waals surface area contributed by atoms with Gasteiger partial charge in [0.2, 0.25) is 0 Å². The molecule has 2 rings (SSSR count). The van der Waals surface area contributed by atoms with E-state index < -0.39 is 0 Å². The standard InChI is InChI=1S/C9H3Cl3OS2/c10-5-2-1-4(3-6(5)11)7-8(12)14-15-9(7)13/h1-3H. The van der Waals surface area contributed by atoms with Crippen molar-refractivity contribution in [3.05, 3.63) is 42.1 Å². The lowest BCUT2D eigenvalue weighted by Crippen LogP contribution is -1.93. The van der Waals surface area contributed by atoms with Gasteiger partial charge in [-0.1, -0.05) is 51.2 Å². The first kappa shape index (κ1) is 11.4. The van der Waals surface area contributed by atoms with E-state index in [4.69, 9.17) is 34.8 Å². The molecule has 0 bridgehead atoms. The van der Waals surface area contributed by atoms with E-state index in [1.165, 1.54) is 10.3 Å². The van der Waals surface area contributed by atoms with Crippen molar-refractivity contribution in [2.45, 2.75) is 0 Å². The van der Waals surface area contributed by atoms with E-state index in [1.807, 2.05) is 0 Å². The van der Waals surface area contributed by atoms with Crippen molar-refractivity contribution in [3.63, 3.8) is 0 Å². The van der Waals surface area contributed by atoms with Crippen LogP contribution >= 0.6 is 55.5 Å². The van der Waals surface area contributed by atoms with Crippen LogP contribution in [0.25, 0.3) is 11.1 Å². The summed E-state index contributed by atoms with van der Waals surface area (Å²) in [4.78, 5) is 11.5. The first-order chi connectivity index (χ1) is 7.09. The molecule has 0 saturated carbocycles. The molecule has 2 aromatic rings. The molecule has 6 heteroatoms. The van der Waals surface area contributed by atoms with Crippen LogP contribution in [0.5, 0.6) is 0 Å². The molecule has 1 heterocycles. The van der Waals surface area contributed by atoms with Gasteiger partial charge in [-0.25, -0.2) is 0 Å². The molecule has 0 spiro atoms. The summed E-state index contributed by atoms with van der Waals surface area (Å²) in [6, 6.07) is 5.03. The van der Waals surface area contributed by atoms with Gasteiger partial charge in [-0.05, 0) is 28.0 Å². The molecule has 0 saturated heterocycles. The normalized spacial score (nSPS) is 10.6. The van der Waals surface area contributed by atoms with Crippen LogP contribution in [0.15, 0.2) is 23.0 Å². The first-order valence-corrected chi connectivity index (χ1v) is 7.12. The fourth-order valence-electron chi connectivity index (χ4n) is 1.12. The predicted octanol–water partition coefficient (Wildman–Crippen LogP) is 4.80. The van der Waals surface area contributed by atoms with Crippen molar-refractivity contribution in [1.82, 2.24) is 0 Å². The average Bonchev–Trinajstić information content (AvgIpc) is 2.52. The second-order valence-electron chi connectivity index (χ2n) is 2.73. The highest BCUT2D eigenvalue weighted by Crippen LogP contribution is 2.34. The summed E-state index contributed by atoms with van der Waals surface area (Å²) in [7, 11) is 2.37. The van der Waals surface area contributed by atoms with Crippen molar-refractivity contribution in [2.75, 3.05) is 0 Å². The molecular weight excluding hydrogens is 295 g/mol. The molecule has 15 heavy (non-hydrogen) atoms. The van der Waals surface area contributed by atoms with Gasteiger partial charge >= 0.3 is 0 Å². The third-order valence-corrected chi connectivity index (χ3v) is 5.23. The molecule has 0 radical (unpaired) electrons. The van der Waals surface area contributed by atoms with Gasteiger partial charge in [0.15, 0.2) is 0 Å². The molecule has 1 aromatic heterocycles. The zero-order chi connectivity index (χ0) is 11.0. The van der Waals surface area contributed by atoms with Crippen molar-refractivity contribution in [1.29, 1.82) is 0 Å². The molecule has 0 aliphatic rings. The second-order valence-corrected chi connectivity index (χ2v) is 6.26. The van der Waals surface area contributed by atoms with Gasteiger partial charge in [0.05, 0.1) is 15.6 Å². The highest BCUT2D eigenvalue weighted by Gasteiger charge is 2.12. The zero-order valence-corrected chi connectivity index (χ0v) is 11.0. The van der Waals surface area contributed by atoms with Crippen molar-refractivity contribution >= 4 is 55.5 Å². The van der Waals surface area contributed by atoms with Crippen LogP contribution in [0.3, 0.4) is 0 Å². The van der Waals surface area contributed by atoms with Crippen LogP contribution < -0.4 is 4.74 Å². The molecule has 0 fully saturated rings. The summed E-state index contributed by atoms with van der Waals surface area (Å²) in [5.74, 6) is 0. The summed E-state index contributed by atoms with van der Waals surface area (Å²) in [6.45, 7) is 0. The van der Waals surface area contributed by atoms with Gasteiger partial charge in [-0.15, -0.1) is 0 Å². The van der Waals surface area contributed by atoms with Crippen LogP contribution in [-0.2, 0) is 0 Å². The van der Waals surface area contributed by atoms with Crippen LogP contribution in [0.1, 0.15) is 0 Å². The Morgan fingerprint density at radius 2 is 1.73 bits per heavy atom. The maximum absolute atomic E-state index is 11.5. The quantitative estimate of drug-likeness (QED) is 0.691. The fraction of sp³-hybridized carbons (Fsp3) is 0. The van der Waals surface area contributed by atoms with E-state index in [1.54, 1.807) is 18.2 Å². The highest BCUT2D eigenvalue weighted by molar-refractivity contribution is 7.69. The molecular formula is C9H3Cl3OS2. The molecule has 0 atom stereocenters. The topological polar surface area (TPSA) is 17.1 Å². The van der Waals surface area contributed by atoms with E-state index in [0.29, 0.717) is 25.5 Å². The third-order valence-electron chi connectivity index (χ3n) is 1.80. The number of hydrogen-bond donors (Lipinski definition) is 0. The summed E-state index contributed by atoms with van der Waals surface area (Å²) < 4.78 is 0.437. The summed E-state index contributed by atoms with van der Waals surface area (Å²) in [6.07, 6.45) is 0. The largest absolute Gasteiger partial charge is 0.276 e. The lowest BCUT2D eigenvalue weighted by molar-refractivity contribution is 1.65. The van der Waals surface area contributed by atoms with Crippen molar-refractivity contribution < 1.29 is 0 Å². The maximum atomic E-state index is 11.5. The van der Waals surface area contributed by atoms with Crippen LogP contribution in [0.4, 0.5) is 0 Å². The second kappa shape index (κ2) is 4.44. The maximum Gasteiger partial charge on any atom is 0.252 e. The van der Waals surface area contributed by atoms with Crippen molar-refractivity contribution in [2.24, 2.45) is 0 Å². The molecule has 0 unspecified atom stereocenters. The Kier molecular flexibility index (Phi) is 3.38. The minimum absolute atomic E-state index is 0.0524. The number of rotatable bonds is 1. The fourth-order valence-corrected chi connectivity index (χ4v) is 3.71. The average molecular weight is 298 g/mol. The lowest BCUT2D eigenvalue weighted by atomic mass is 10.1. The summed E-state index contributed by atoms with van der Waals surface area (Å²) in [5.41, 5.74) is 1.21. The van der Waals surface area contributed by atoms with Gasteiger partial charge in [0, 0.05) is 0 Å². The molecule has 78 valence electrons. The molecule has 1 aromatic carbocycles. The van der Waals surface area contributed by atoms with Crippen LogP contribution in [-0.4, -0.2) is 0 Å². The van der Waals surface area contributed by atoms with Gasteiger partial charge in [-0.3, -0.25) is 4.79 Å². The Bertz CT molecular complexity index is 559. The van der Waals surface area contributed by atoms with Crippen molar-refractivity contribution in [3.8, 4) is 11.1 Å². The monoisotopic (exact) mass is 296 g/mol. The molecule has 0 N–H and O–H groups in total. The Morgan fingerprint density at radius 1 is 1.00 bits per heavy atom. The number of benzene rings is 1. The third kappa shape index (κ3) is 2.22. The van der Waals surface area contributed by atoms with Crippen LogP contribution in [0.2, 0.25) is 14.4 Å². The molecule has 0 aliphatic carbocycles. The SMILES string of the molecule is O=c1ssc(Cl)c1-c1ccc(Cl)c(Cl)c1. The Hall–Kier alpha value is -0.0600. The molecule has 1 nitrogen and oxygen atoms in total. The number of halogens is 3. The van der Waals surface area contributed by atoms with E-state index in [0.717, 1.165) is 10.3 Å². The summed E-state index contributed by atoms with van der Waals surface area (Å²) in [5, 5.41) is 0.878. The molecule has 0 aliphatic heterocycles. The van der Waals surface area contributed by atoms with Crippen LogP contribution in [0, 0.1) is 0 Å².